The van der Waals surface area contributed by atoms with Crippen molar-refractivity contribution in [3.8, 4) is 34.1 Å². The van der Waals surface area contributed by atoms with Gasteiger partial charge in [0.25, 0.3) is 0 Å². The van der Waals surface area contributed by atoms with Crippen LogP contribution in [0.1, 0.15) is 82.9 Å². The van der Waals surface area contributed by atoms with Gasteiger partial charge in [0.1, 0.15) is 29.1 Å². The Balaban J connectivity index is 1.36. The minimum absolute atomic E-state index is 0.311. The minimum atomic E-state index is -1.10. The summed E-state index contributed by atoms with van der Waals surface area (Å²) in [6, 6.07) is 24.4. The van der Waals surface area contributed by atoms with Gasteiger partial charge in [0.15, 0.2) is 5.60 Å². The standard InChI is InChI=1S/C37H43NO5/c1-6-40-36(39)37(4,5)43-32-21-22-33(31(24-32)23-27-13-9-7-10-14-27)41-25(2)34-26(3)42-35(38-34)30-19-17-29(18-20-30)28-15-11-8-12-16-28/h8,11-12,15-22,24-25,27H,6-7,9-10,13-14,23H2,1-5H3. The van der Waals surface area contributed by atoms with Crippen LogP contribution in [0.3, 0.4) is 0 Å². The van der Waals surface area contributed by atoms with Gasteiger partial charge >= 0.3 is 5.97 Å². The first-order chi connectivity index (χ1) is 20.7. The summed E-state index contributed by atoms with van der Waals surface area (Å²) < 4.78 is 24.1. The monoisotopic (exact) mass is 581 g/mol. The van der Waals surface area contributed by atoms with Crippen LogP contribution in [-0.4, -0.2) is 23.2 Å². The van der Waals surface area contributed by atoms with Crippen LogP contribution in [0.4, 0.5) is 0 Å². The molecule has 1 aliphatic carbocycles. The highest BCUT2D eigenvalue weighted by Gasteiger charge is 2.32. The summed E-state index contributed by atoms with van der Waals surface area (Å²) in [5, 5.41) is 0. The Kier molecular flexibility index (Phi) is 9.54. The van der Waals surface area contributed by atoms with Gasteiger partial charge in [-0.25, -0.2) is 9.78 Å². The molecule has 0 bridgehead atoms. The first-order valence-corrected chi connectivity index (χ1v) is 15.5. The maximum absolute atomic E-state index is 12.5. The van der Waals surface area contributed by atoms with E-state index in [1.54, 1.807) is 20.8 Å². The van der Waals surface area contributed by atoms with Gasteiger partial charge in [0.2, 0.25) is 5.89 Å². The Morgan fingerprint density at radius 1 is 0.953 bits per heavy atom. The second-order valence-electron chi connectivity index (χ2n) is 12.0. The molecule has 1 saturated carbocycles. The van der Waals surface area contributed by atoms with E-state index in [9.17, 15) is 4.79 Å². The maximum atomic E-state index is 12.5. The highest BCUT2D eigenvalue weighted by Crippen LogP contribution is 2.36. The molecule has 0 radical (unpaired) electrons. The van der Waals surface area contributed by atoms with Gasteiger partial charge in [-0.1, -0.05) is 74.6 Å². The molecule has 1 atom stereocenters. The highest BCUT2D eigenvalue weighted by atomic mass is 16.6. The molecule has 1 fully saturated rings. The topological polar surface area (TPSA) is 70.8 Å². The van der Waals surface area contributed by atoms with E-state index < -0.39 is 5.60 Å². The van der Waals surface area contributed by atoms with Crippen LogP contribution >= 0.6 is 0 Å². The van der Waals surface area contributed by atoms with Gasteiger partial charge in [-0.3, -0.25) is 0 Å². The predicted octanol–water partition coefficient (Wildman–Crippen LogP) is 9.30. The molecule has 0 aliphatic heterocycles. The number of carbonyl (C=O) groups is 1. The number of ether oxygens (including phenoxy) is 3. The van der Waals surface area contributed by atoms with Crippen molar-refractivity contribution in [3.05, 3.63) is 89.8 Å². The van der Waals surface area contributed by atoms with Crippen LogP contribution in [0.25, 0.3) is 22.6 Å². The second-order valence-corrected chi connectivity index (χ2v) is 12.0. The number of esters is 1. The smallest absolute Gasteiger partial charge is 0.349 e. The SMILES string of the molecule is CCOC(=O)C(C)(C)Oc1ccc(OC(C)c2nc(-c3ccc(-c4ccccc4)cc3)oc2C)c(CC2CCCCC2)c1. The van der Waals surface area contributed by atoms with E-state index in [0.717, 1.165) is 40.3 Å². The van der Waals surface area contributed by atoms with E-state index in [1.165, 1.54) is 37.7 Å². The molecule has 1 unspecified atom stereocenters. The van der Waals surface area contributed by atoms with E-state index in [4.69, 9.17) is 23.6 Å². The number of aryl methyl sites for hydroxylation is 1. The van der Waals surface area contributed by atoms with E-state index in [1.807, 2.05) is 62.4 Å². The Hall–Kier alpha value is -4.06. The maximum Gasteiger partial charge on any atom is 0.349 e. The third-order valence-electron chi connectivity index (χ3n) is 8.17. The molecule has 226 valence electrons. The number of hydrogen-bond acceptors (Lipinski definition) is 6. The number of oxazole rings is 1. The summed E-state index contributed by atoms with van der Waals surface area (Å²) in [5.74, 6) is 2.96. The molecule has 6 nitrogen and oxygen atoms in total. The van der Waals surface area contributed by atoms with Crippen molar-refractivity contribution in [1.29, 1.82) is 0 Å². The van der Waals surface area contributed by atoms with Crippen LogP contribution in [-0.2, 0) is 16.0 Å². The molecule has 43 heavy (non-hydrogen) atoms. The zero-order valence-electron chi connectivity index (χ0n) is 26.0. The Labute approximate surface area is 255 Å². The first kappa shape index (κ1) is 30.4. The number of rotatable bonds is 11. The van der Waals surface area contributed by atoms with E-state index in [-0.39, 0.29) is 12.1 Å². The summed E-state index contributed by atoms with van der Waals surface area (Å²) in [6.07, 6.45) is 6.82. The van der Waals surface area contributed by atoms with Crippen molar-refractivity contribution in [3.63, 3.8) is 0 Å². The summed E-state index contributed by atoms with van der Waals surface area (Å²) in [6.45, 7) is 9.51. The highest BCUT2D eigenvalue weighted by molar-refractivity contribution is 5.79. The van der Waals surface area contributed by atoms with E-state index in [2.05, 4.69) is 24.3 Å². The average molecular weight is 582 g/mol. The lowest BCUT2D eigenvalue weighted by Gasteiger charge is -2.26. The fraction of sp³-hybridized carbons (Fsp3) is 0.405. The van der Waals surface area contributed by atoms with Crippen LogP contribution in [0, 0.1) is 12.8 Å². The molecular weight excluding hydrogens is 538 g/mol. The van der Waals surface area contributed by atoms with Crippen molar-refractivity contribution in [2.45, 2.75) is 84.8 Å². The van der Waals surface area contributed by atoms with Crippen molar-refractivity contribution in [1.82, 2.24) is 4.98 Å². The van der Waals surface area contributed by atoms with Gasteiger partial charge in [-0.05, 0) is 94.0 Å². The number of carbonyl (C=O) groups excluding carboxylic acids is 1. The summed E-state index contributed by atoms with van der Waals surface area (Å²) in [5.41, 5.74) is 3.99. The molecule has 5 rings (SSSR count). The van der Waals surface area contributed by atoms with Crippen molar-refractivity contribution in [2.75, 3.05) is 6.61 Å². The molecule has 1 heterocycles. The van der Waals surface area contributed by atoms with Crippen molar-refractivity contribution < 1.29 is 23.4 Å². The van der Waals surface area contributed by atoms with Gasteiger partial charge in [-0.15, -0.1) is 0 Å². The Bertz CT molecular complexity index is 1500. The second kappa shape index (κ2) is 13.5. The predicted molar refractivity (Wildman–Crippen MR) is 169 cm³/mol. The Morgan fingerprint density at radius 3 is 2.33 bits per heavy atom. The molecule has 0 saturated heterocycles. The lowest BCUT2D eigenvalue weighted by Crippen LogP contribution is -2.39. The molecule has 0 spiro atoms. The fourth-order valence-electron chi connectivity index (χ4n) is 5.83. The first-order valence-electron chi connectivity index (χ1n) is 15.5. The molecular formula is C37H43NO5. The lowest BCUT2D eigenvalue weighted by atomic mass is 9.84. The molecule has 1 aliphatic rings. The number of benzene rings is 3. The largest absolute Gasteiger partial charge is 0.484 e. The molecule has 1 aromatic heterocycles. The minimum Gasteiger partial charge on any atom is -0.484 e. The van der Waals surface area contributed by atoms with Crippen LogP contribution in [0.15, 0.2) is 77.2 Å². The van der Waals surface area contributed by atoms with Gasteiger partial charge in [0, 0.05) is 5.56 Å². The van der Waals surface area contributed by atoms with Gasteiger partial charge < -0.3 is 18.6 Å². The summed E-state index contributed by atoms with van der Waals surface area (Å²) in [7, 11) is 0. The van der Waals surface area contributed by atoms with E-state index >= 15 is 0 Å². The summed E-state index contributed by atoms with van der Waals surface area (Å²) >= 11 is 0. The van der Waals surface area contributed by atoms with Crippen molar-refractivity contribution >= 4 is 5.97 Å². The third kappa shape index (κ3) is 7.48. The summed E-state index contributed by atoms with van der Waals surface area (Å²) in [4.78, 5) is 17.3. The molecule has 3 aromatic carbocycles. The van der Waals surface area contributed by atoms with Crippen LogP contribution < -0.4 is 9.47 Å². The zero-order valence-corrected chi connectivity index (χ0v) is 26.0. The zero-order chi connectivity index (χ0) is 30.4. The molecule has 0 N–H and O–H groups in total. The average Bonchev–Trinajstić information content (AvgIpc) is 3.41. The van der Waals surface area contributed by atoms with Crippen LogP contribution in [0.2, 0.25) is 0 Å². The number of nitrogens with zero attached hydrogens (tertiary/aromatic N) is 1. The molecule has 6 heteroatoms. The number of aromatic nitrogens is 1. The van der Waals surface area contributed by atoms with Crippen molar-refractivity contribution in [2.24, 2.45) is 5.92 Å². The number of hydrogen-bond donors (Lipinski definition) is 0. The lowest BCUT2D eigenvalue weighted by molar-refractivity contribution is -0.158. The van der Waals surface area contributed by atoms with E-state index in [0.29, 0.717) is 24.2 Å². The normalized spacial score (nSPS) is 14.7. The van der Waals surface area contributed by atoms with Gasteiger partial charge in [-0.2, -0.15) is 0 Å². The molecule has 4 aromatic rings. The Morgan fingerprint density at radius 2 is 1.63 bits per heavy atom. The van der Waals surface area contributed by atoms with Gasteiger partial charge in [0.05, 0.1) is 6.61 Å². The van der Waals surface area contributed by atoms with Crippen LogP contribution in [0.5, 0.6) is 11.5 Å². The third-order valence-corrected chi connectivity index (χ3v) is 8.17. The fourth-order valence-corrected chi connectivity index (χ4v) is 5.83. The quantitative estimate of drug-likeness (QED) is 0.164. The molecule has 0 amide bonds.